The Morgan fingerprint density at radius 3 is 2.68 bits per heavy atom. The topological polar surface area (TPSA) is 25.4 Å². The first kappa shape index (κ1) is 19.6. The molecule has 0 saturated carbocycles. The van der Waals surface area contributed by atoms with E-state index in [4.69, 9.17) is 4.74 Å². The Kier molecular flexibility index (Phi) is 5.57. The normalized spacial score (nSPS) is 26.0. The Bertz CT molecular complexity index is 765. The Balaban J connectivity index is 1.54. The number of hydrogen-bond donors (Lipinski definition) is 0. The lowest BCUT2D eigenvalue weighted by atomic mass is 9.75. The molecule has 2 fully saturated rings. The molecule has 0 bridgehead atoms. The van der Waals surface area contributed by atoms with E-state index in [9.17, 15) is 0 Å². The van der Waals surface area contributed by atoms with Gasteiger partial charge in [-0.05, 0) is 76.6 Å². The predicted molar refractivity (Wildman–Crippen MR) is 114 cm³/mol. The zero-order chi connectivity index (χ0) is 19.6. The SMILES string of the molecule is Cc1ccc(C(C)(C)N2CC[C@](CCc3ccccc3)(C3CCCO3)C2)cn1. The number of aromatic nitrogens is 1. The van der Waals surface area contributed by atoms with Crippen LogP contribution in [-0.4, -0.2) is 35.7 Å². The van der Waals surface area contributed by atoms with E-state index < -0.39 is 0 Å². The van der Waals surface area contributed by atoms with Crippen molar-refractivity contribution >= 4 is 0 Å². The molecule has 2 saturated heterocycles. The van der Waals surface area contributed by atoms with Crippen LogP contribution >= 0.6 is 0 Å². The average molecular weight is 379 g/mol. The third kappa shape index (κ3) is 3.88. The maximum absolute atomic E-state index is 6.27. The lowest BCUT2D eigenvalue weighted by molar-refractivity contribution is -0.00833. The fourth-order valence-corrected chi connectivity index (χ4v) is 5.11. The summed E-state index contributed by atoms with van der Waals surface area (Å²) in [6.45, 7) is 9.94. The molecule has 2 atom stereocenters. The van der Waals surface area contributed by atoms with Crippen molar-refractivity contribution in [1.29, 1.82) is 0 Å². The van der Waals surface area contributed by atoms with E-state index in [0.29, 0.717) is 6.10 Å². The number of aryl methyl sites for hydroxylation is 2. The van der Waals surface area contributed by atoms with E-state index in [-0.39, 0.29) is 11.0 Å². The van der Waals surface area contributed by atoms with E-state index >= 15 is 0 Å². The van der Waals surface area contributed by atoms with Gasteiger partial charge in [-0.2, -0.15) is 0 Å². The Morgan fingerprint density at radius 2 is 2.00 bits per heavy atom. The Hall–Kier alpha value is -1.71. The number of ether oxygens (including phenoxy) is 1. The molecule has 2 aromatic rings. The molecule has 150 valence electrons. The van der Waals surface area contributed by atoms with Crippen LogP contribution < -0.4 is 0 Å². The molecule has 2 aliphatic heterocycles. The summed E-state index contributed by atoms with van der Waals surface area (Å²) in [4.78, 5) is 7.23. The highest BCUT2D eigenvalue weighted by Gasteiger charge is 2.49. The zero-order valence-corrected chi connectivity index (χ0v) is 17.7. The summed E-state index contributed by atoms with van der Waals surface area (Å²) in [5.41, 5.74) is 4.09. The number of pyridine rings is 1. The van der Waals surface area contributed by atoms with E-state index in [2.05, 4.69) is 79.3 Å². The molecule has 0 spiro atoms. The quantitative estimate of drug-likeness (QED) is 0.697. The molecule has 3 heteroatoms. The summed E-state index contributed by atoms with van der Waals surface area (Å²) in [5, 5.41) is 0. The minimum atomic E-state index is -0.00615. The van der Waals surface area contributed by atoms with Crippen molar-refractivity contribution in [2.75, 3.05) is 19.7 Å². The monoisotopic (exact) mass is 378 g/mol. The molecule has 2 aliphatic rings. The Morgan fingerprint density at radius 1 is 1.18 bits per heavy atom. The number of hydrogen-bond acceptors (Lipinski definition) is 3. The summed E-state index contributed by atoms with van der Waals surface area (Å²) in [6.07, 6.45) is 8.48. The first-order valence-electron chi connectivity index (χ1n) is 10.8. The molecule has 0 N–H and O–H groups in total. The second-order valence-electron chi connectivity index (χ2n) is 9.27. The van der Waals surface area contributed by atoms with Gasteiger partial charge in [0, 0.05) is 36.0 Å². The molecular formula is C25H34N2O. The second kappa shape index (κ2) is 7.96. The van der Waals surface area contributed by atoms with Gasteiger partial charge in [0.2, 0.25) is 0 Å². The molecule has 3 nitrogen and oxygen atoms in total. The van der Waals surface area contributed by atoms with Crippen LogP contribution in [0.25, 0.3) is 0 Å². The highest BCUT2D eigenvalue weighted by molar-refractivity contribution is 5.22. The van der Waals surface area contributed by atoms with E-state index in [1.165, 1.54) is 36.8 Å². The first-order chi connectivity index (χ1) is 13.5. The summed E-state index contributed by atoms with van der Waals surface area (Å²) < 4.78 is 6.27. The molecule has 4 rings (SSSR count). The molecule has 0 aliphatic carbocycles. The lowest BCUT2D eigenvalue weighted by Crippen LogP contribution is -2.44. The van der Waals surface area contributed by atoms with Gasteiger partial charge in [-0.3, -0.25) is 9.88 Å². The summed E-state index contributed by atoms with van der Waals surface area (Å²) in [5.74, 6) is 0. The van der Waals surface area contributed by atoms with Gasteiger partial charge in [-0.25, -0.2) is 0 Å². The molecule has 1 unspecified atom stereocenters. The van der Waals surface area contributed by atoms with Crippen molar-refractivity contribution in [3.63, 3.8) is 0 Å². The number of nitrogens with zero attached hydrogens (tertiary/aromatic N) is 2. The average Bonchev–Trinajstić information content (AvgIpc) is 3.39. The maximum Gasteiger partial charge on any atom is 0.0645 e. The van der Waals surface area contributed by atoms with E-state index in [1.807, 2.05) is 0 Å². The van der Waals surface area contributed by atoms with Crippen LogP contribution in [0.3, 0.4) is 0 Å². The molecular weight excluding hydrogens is 344 g/mol. The number of likely N-dealkylation sites (tertiary alicyclic amines) is 1. The standard InChI is InChI=1S/C25H34N2O/c1-20-11-12-22(18-26-20)24(2,3)27-16-15-25(19-27,23-10-7-17-28-23)14-13-21-8-5-4-6-9-21/h4-6,8-9,11-12,18,23H,7,10,13-17,19H2,1-3H3/t23?,25-/m0/s1. The van der Waals surface area contributed by atoms with Gasteiger partial charge in [0.1, 0.15) is 0 Å². The van der Waals surface area contributed by atoms with Gasteiger partial charge in [0.05, 0.1) is 6.10 Å². The minimum Gasteiger partial charge on any atom is -0.378 e. The van der Waals surface area contributed by atoms with Crippen molar-refractivity contribution in [2.45, 2.75) is 64.5 Å². The van der Waals surface area contributed by atoms with Gasteiger partial charge >= 0.3 is 0 Å². The molecule has 1 aromatic carbocycles. The fraction of sp³-hybridized carbons (Fsp3) is 0.560. The second-order valence-corrected chi connectivity index (χ2v) is 9.27. The Labute approximate surface area is 170 Å². The zero-order valence-electron chi connectivity index (χ0n) is 17.7. The third-order valence-electron chi connectivity index (χ3n) is 7.16. The van der Waals surface area contributed by atoms with Crippen molar-refractivity contribution < 1.29 is 4.74 Å². The predicted octanol–water partition coefficient (Wildman–Crippen LogP) is 5.13. The van der Waals surface area contributed by atoms with Gasteiger partial charge in [0.25, 0.3) is 0 Å². The van der Waals surface area contributed by atoms with Crippen molar-refractivity contribution in [2.24, 2.45) is 5.41 Å². The van der Waals surface area contributed by atoms with Crippen LogP contribution in [0.5, 0.6) is 0 Å². The highest BCUT2D eigenvalue weighted by atomic mass is 16.5. The molecule has 0 amide bonds. The summed E-state index contributed by atoms with van der Waals surface area (Å²) in [6, 6.07) is 15.3. The van der Waals surface area contributed by atoms with Gasteiger partial charge in [-0.1, -0.05) is 36.4 Å². The molecule has 3 heterocycles. The van der Waals surface area contributed by atoms with Gasteiger partial charge < -0.3 is 4.74 Å². The fourth-order valence-electron chi connectivity index (χ4n) is 5.11. The molecule has 28 heavy (non-hydrogen) atoms. The molecule has 1 aromatic heterocycles. The molecule has 0 radical (unpaired) electrons. The van der Waals surface area contributed by atoms with Gasteiger partial charge in [-0.15, -0.1) is 0 Å². The maximum atomic E-state index is 6.27. The van der Waals surface area contributed by atoms with E-state index in [1.54, 1.807) is 0 Å². The lowest BCUT2D eigenvalue weighted by Gasteiger charge is -2.40. The van der Waals surface area contributed by atoms with Crippen LogP contribution in [0.15, 0.2) is 48.7 Å². The third-order valence-corrected chi connectivity index (χ3v) is 7.16. The largest absolute Gasteiger partial charge is 0.378 e. The smallest absolute Gasteiger partial charge is 0.0645 e. The minimum absolute atomic E-state index is 0.00615. The van der Waals surface area contributed by atoms with Gasteiger partial charge in [0.15, 0.2) is 0 Å². The number of benzene rings is 1. The van der Waals surface area contributed by atoms with Crippen molar-refractivity contribution in [3.8, 4) is 0 Å². The summed E-state index contributed by atoms with van der Waals surface area (Å²) >= 11 is 0. The van der Waals surface area contributed by atoms with Crippen molar-refractivity contribution in [3.05, 3.63) is 65.5 Å². The van der Waals surface area contributed by atoms with Crippen LogP contribution in [0.2, 0.25) is 0 Å². The van der Waals surface area contributed by atoms with Crippen molar-refractivity contribution in [1.82, 2.24) is 9.88 Å². The van der Waals surface area contributed by atoms with Crippen LogP contribution in [-0.2, 0) is 16.7 Å². The van der Waals surface area contributed by atoms with Crippen LogP contribution in [0.1, 0.15) is 56.4 Å². The van der Waals surface area contributed by atoms with Crippen LogP contribution in [0, 0.1) is 12.3 Å². The number of rotatable bonds is 6. The summed E-state index contributed by atoms with van der Waals surface area (Å²) in [7, 11) is 0. The van der Waals surface area contributed by atoms with E-state index in [0.717, 1.165) is 31.8 Å². The van der Waals surface area contributed by atoms with Crippen LogP contribution in [0.4, 0.5) is 0 Å². The first-order valence-corrected chi connectivity index (χ1v) is 10.8. The highest BCUT2D eigenvalue weighted by Crippen LogP contribution is 2.46.